The molecule has 1 aromatic carbocycles. The van der Waals surface area contributed by atoms with Crippen molar-refractivity contribution in [2.75, 3.05) is 6.54 Å². The van der Waals surface area contributed by atoms with Gasteiger partial charge in [-0.05, 0) is 6.07 Å². The fourth-order valence-electron chi connectivity index (χ4n) is 1.72. The lowest BCUT2D eigenvalue weighted by atomic mass is 10.3. The summed E-state index contributed by atoms with van der Waals surface area (Å²) in [6, 6.07) is 7.87. The Hall–Kier alpha value is -1.90. The molecule has 2 heterocycles. The third kappa shape index (κ3) is 0.988. The highest BCUT2D eigenvalue weighted by Gasteiger charge is 2.20. The predicted molar refractivity (Wildman–Crippen MR) is 51.5 cm³/mol. The number of hydrogen-bond acceptors (Lipinski definition) is 3. The molecule has 3 heteroatoms. The first kappa shape index (κ1) is 7.50. The van der Waals surface area contributed by atoms with E-state index in [4.69, 9.17) is 0 Å². The second-order valence-corrected chi connectivity index (χ2v) is 3.40. The van der Waals surface area contributed by atoms with E-state index >= 15 is 0 Å². The van der Waals surface area contributed by atoms with Crippen LogP contribution >= 0.6 is 0 Å². The van der Waals surface area contributed by atoms with Gasteiger partial charge in [-0.25, -0.2) is 4.99 Å². The molecular weight excluding hydrogens is 176 g/mol. The number of carbonyl (C=O) groups is 1. The van der Waals surface area contributed by atoms with Crippen molar-refractivity contribution < 1.29 is 4.79 Å². The fraction of sp³-hybridized carbons (Fsp3) is 0.0909. The monoisotopic (exact) mass is 184 g/mol. The largest absolute Gasteiger partial charge is 0.324 e. The molecule has 14 heavy (non-hydrogen) atoms. The van der Waals surface area contributed by atoms with Crippen LogP contribution in [0.25, 0.3) is 6.20 Å². The van der Waals surface area contributed by atoms with E-state index in [1.54, 1.807) is 6.08 Å². The topological polar surface area (TPSA) is 32.7 Å². The molecule has 2 aliphatic rings. The Kier molecular flexibility index (Phi) is 1.36. The summed E-state index contributed by atoms with van der Waals surface area (Å²) in [6.07, 6.45) is 3.56. The van der Waals surface area contributed by atoms with Crippen LogP contribution in [0.2, 0.25) is 0 Å². The van der Waals surface area contributed by atoms with Gasteiger partial charge in [0.15, 0.2) is 5.78 Å². The number of fused-ring (bicyclic) bond motifs is 2. The number of para-hydroxylation sites is 1. The van der Waals surface area contributed by atoms with Crippen LogP contribution in [0.15, 0.2) is 41.2 Å². The summed E-state index contributed by atoms with van der Waals surface area (Å²) in [6.45, 7) is 0.424. The Morgan fingerprint density at radius 2 is 2.14 bits per heavy atom. The van der Waals surface area contributed by atoms with Crippen molar-refractivity contribution in [1.82, 2.24) is 4.90 Å². The normalized spacial score (nSPS) is 17.9. The minimum absolute atomic E-state index is 0.118. The molecule has 1 aromatic rings. The fourth-order valence-corrected chi connectivity index (χ4v) is 1.72. The molecule has 0 aromatic heterocycles. The lowest BCUT2D eigenvalue weighted by Gasteiger charge is -2.15. The van der Waals surface area contributed by atoms with Gasteiger partial charge in [0.2, 0.25) is 0 Å². The van der Waals surface area contributed by atoms with Gasteiger partial charge < -0.3 is 4.90 Å². The van der Waals surface area contributed by atoms with Crippen LogP contribution in [0.4, 0.5) is 0 Å². The van der Waals surface area contributed by atoms with Gasteiger partial charge in [0.05, 0.1) is 11.9 Å². The Morgan fingerprint density at radius 3 is 3.07 bits per heavy atom. The van der Waals surface area contributed by atoms with Crippen molar-refractivity contribution in [3.05, 3.63) is 46.7 Å². The molecule has 2 aliphatic heterocycles. The van der Waals surface area contributed by atoms with E-state index in [0.717, 1.165) is 16.4 Å². The number of benzene rings is 1. The van der Waals surface area contributed by atoms with Crippen LogP contribution in [-0.2, 0) is 4.79 Å². The van der Waals surface area contributed by atoms with Crippen molar-refractivity contribution in [2.24, 2.45) is 4.99 Å². The zero-order valence-corrected chi connectivity index (χ0v) is 7.47. The third-order valence-electron chi connectivity index (χ3n) is 2.38. The summed E-state index contributed by atoms with van der Waals surface area (Å²) in [5.41, 5.74) is 0. The van der Waals surface area contributed by atoms with Gasteiger partial charge in [-0.15, -0.1) is 0 Å². The van der Waals surface area contributed by atoms with Crippen LogP contribution in [0.1, 0.15) is 0 Å². The molecule has 3 nitrogen and oxygen atoms in total. The van der Waals surface area contributed by atoms with Gasteiger partial charge in [0.1, 0.15) is 5.82 Å². The van der Waals surface area contributed by atoms with Crippen LogP contribution in [0.5, 0.6) is 0 Å². The maximum Gasteiger partial charge on any atom is 0.179 e. The highest BCUT2D eigenvalue weighted by atomic mass is 16.1. The van der Waals surface area contributed by atoms with Crippen molar-refractivity contribution in [3.63, 3.8) is 0 Å². The Labute approximate surface area is 80.7 Å². The van der Waals surface area contributed by atoms with Gasteiger partial charge in [-0.3, -0.25) is 4.79 Å². The van der Waals surface area contributed by atoms with Crippen molar-refractivity contribution in [2.45, 2.75) is 0 Å². The van der Waals surface area contributed by atoms with Crippen LogP contribution in [0.3, 0.4) is 0 Å². The minimum atomic E-state index is 0.118. The highest BCUT2D eigenvalue weighted by molar-refractivity contribution is 5.95. The molecule has 0 atom stereocenters. The molecule has 0 saturated carbocycles. The number of hydrogen-bond donors (Lipinski definition) is 0. The molecule has 0 radical (unpaired) electrons. The minimum Gasteiger partial charge on any atom is -0.324 e. The average molecular weight is 184 g/mol. The second-order valence-electron chi connectivity index (χ2n) is 3.40. The van der Waals surface area contributed by atoms with Crippen molar-refractivity contribution in [3.8, 4) is 0 Å². The molecule has 3 rings (SSSR count). The highest BCUT2D eigenvalue weighted by Crippen LogP contribution is 2.14. The molecule has 68 valence electrons. The van der Waals surface area contributed by atoms with Gasteiger partial charge in [0, 0.05) is 17.5 Å². The van der Waals surface area contributed by atoms with Crippen LogP contribution in [0, 0.1) is 0 Å². The number of ketones is 1. The Morgan fingerprint density at radius 1 is 1.29 bits per heavy atom. The maximum absolute atomic E-state index is 11.2. The van der Waals surface area contributed by atoms with E-state index in [1.807, 2.05) is 35.4 Å². The first-order chi connectivity index (χ1) is 6.83. The predicted octanol–water partition coefficient (Wildman–Crippen LogP) is -0.216. The van der Waals surface area contributed by atoms with Crippen molar-refractivity contribution >= 4 is 12.0 Å². The van der Waals surface area contributed by atoms with E-state index in [-0.39, 0.29) is 5.78 Å². The lowest BCUT2D eigenvalue weighted by molar-refractivity contribution is -0.113. The smallest absolute Gasteiger partial charge is 0.179 e. The number of carbonyl (C=O) groups excluding carboxylic acids is 1. The molecule has 0 amide bonds. The van der Waals surface area contributed by atoms with Gasteiger partial charge in [-0.1, -0.05) is 18.2 Å². The molecule has 0 saturated heterocycles. The number of nitrogens with zero attached hydrogens (tertiary/aromatic N) is 2. The van der Waals surface area contributed by atoms with E-state index in [2.05, 4.69) is 4.99 Å². The third-order valence-corrected chi connectivity index (χ3v) is 2.38. The Balaban J connectivity index is 2.30. The summed E-state index contributed by atoms with van der Waals surface area (Å²) in [4.78, 5) is 17.4. The first-order valence-electron chi connectivity index (χ1n) is 4.50. The molecule has 0 aliphatic carbocycles. The van der Waals surface area contributed by atoms with E-state index in [0.29, 0.717) is 6.54 Å². The zero-order chi connectivity index (χ0) is 9.54. The van der Waals surface area contributed by atoms with Gasteiger partial charge >= 0.3 is 0 Å². The molecule has 0 N–H and O–H groups in total. The second kappa shape index (κ2) is 2.54. The van der Waals surface area contributed by atoms with E-state index in [9.17, 15) is 4.79 Å². The lowest BCUT2D eigenvalue weighted by Crippen LogP contribution is -2.33. The number of rotatable bonds is 0. The summed E-state index contributed by atoms with van der Waals surface area (Å²) < 4.78 is 0. The standard InChI is InChI=1S/C11H8N2O/c14-9-5-11-12-10-4-2-1-3-8(10)6-13(11)7-9/h1-6H,7H2. The summed E-state index contributed by atoms with van der Waals surface area (Å²) in [5.74, 6) is 0.876. The summed E-state index contributed by atoms with van der Waals surface area (Å²) in [7, 11) is 0. The molecule has 0 spiro atoms. The maximum atomic E-state index is 11.2. The van der Waals surface area contributed by atoms with Crippen LogP contribution in [-0.4, -0.2) is 17.2 Å². The molecular formula is C11H8N2O. The van der Waals surface area contributed by atoms with Crippen LogP contribution < -0.4 is 10.6 Å². The summed E-state index contributed by atoms with van der Waals surface area (Å²) in [5, 5.41) is 2.00. The molecule has 0 fully saturated rings. The molecule has 0 unspecified atom stereocenters. The SMILES string of the molecule is O=C1C=C2N=c3ccccc3=CN2C1. The van der Waals surface area contributed by atoms with E-state index in [1.165, 1.54) is 0 Å². The quantitative estimate of drug-likeness (QED) is 0.558. The van der Waals surface area contributed by atoms with Crippen molar-refractivity contribution in [1.29, 1.82) is 0 Å². The zero-order valence-electron chi connectivity index (χ0n) is 7.47. The van der Waals surface area contributed by atoms with E-state index < -0.39 is 0 Å². The van der Waals surface area contributed by atoms with Gasteiger partial charge in [-0.2, -0.15) is 0 Å². The van der Waals surface area contributed by atoms with Gasteiger partial charge in [0.25, 0.3) is 0 Å². The average Bonchev–Trinajstić information content (AvgIpc) is 2.53. The molecule has 0 bridgehead atoms. The Bertz CT molecular complexity index is 557. The first-order valence-corrected chi connectivity index (χ1v) is 4.50. The summed E-state index contributed by atoms with van der Waals surface area (Å²) >= 11 is 0.